The van der Waals surface area contributed by atoms with Gasteiger partial charge in [-0.3, -0.25) is 15.0 Å². The van der Waals surface area contributed by atoms with Crippen LogP contribution in [-0.2, 0) is 0 Å². The first-order chi connectivity index (χ1) is 5.47. The minimum Gasteiger partial charge on any atom is -0.272 e. The first-order valence-corrected chi connectivity index (χ1v) is 3.31. The molecule has 0 N–H and O–H groups in total. The summed E-state index contributed by atoms with van der Waals surface area (Å²) < 4.78 is 0. The Labute approximate surface area is 64.5 Å². The quantitative estimate of drug-likeness (QED) is 0.589. The molecule has 1 aromatic heterocycles. The van der Waals surface area contributed by atoms with E-state index in [0.29, 0.717) is 0 Å². The van der Waals surface area contributed by atoms with Gasteiger partial charge in [-0.1, -0.05) is 0 Å². The predicted molar refractivity (Wildman–Crippen MR) is 42.0 cm³/mol. The minimum absolute atomic E-state index is 0.817. The van der Waals surface area contributed by atoms with Crippen molar-refractivity contribution in [3.8, 4) is 0 Å². The van der Waals surface area contributed by atoms with E-state index in [1.54, 1.807) is 24.8 Å². The van der Waals surface area contributed by atoms with Crippen molar-refractivity contribution in [2.75, 3.05) is 0 Å². The van der Waals surface area contributed by atoms with E-state index in [0.717, 1.165) is 11.7 Å². The molecule has 0 saturated carbocycles. The van der Waals surface area contributed by atoms with Crippen molar-refractivity contribution in [2.45, 2.75) is 0 Å². The third-order valence-electron chi connectivity index (χ3n) is 1.38. The number of aromatic nitrogens is 2. The molecule has 0 amide bonds. The van der Waals surface area contributed by atoms with E-state index in [2.05, 4.69) is 15.0 Å². The second kappa shape index (κ2) is 2.62. The first kappa shape index (κ1) is 6.22. The highest BCUT2D eigenvalue weighted by Gasteiger charge is 2.09. The highest BCUT2D eigenvalue weighted by Crippen LogP contribution is 2.16. The van der Waals surface area contributed by atoms with Crippen LogP contribution in [0.15, 0.2) is 35.7 Å². The van der Waals surface area contributed by atoms with E-state index in [-0.39, 0.29) is 0 Å². The zero-order chi connectivity index (χ0) is 7.52. The third kappa shape index (κ3) is 1.17. The van der Waals surface area contributed by atoms with Gasteiger partial charge in [0, 0.05) is 18.6 Å². The zero-order valence-corrected chi connectivity index (χ0v) is 5.81. The van der Waals surface area contributed by atoms with Gasteiger partial charge in [0.05, 0.1) is 11.9 Å². The maximum atomic E-state index is 4.10. The molecular formula is C8H6N3. The molecule has 0 unspecified atom stereocenters. The summed E-state index contributed by atoms with van der Waals surface area (Å²) in [7, 11) is 0. The molecule has 3 heteroatoms. The summed E-state index contributed by atoms with van der Waals surface area (Å²) in [6, 6.07) is 0.873. The monoisotopic (exact) mass is 144 g/mol. The summed E-state index contributed by atoms with van der Waals surface area (Å²) in [5, 5.41) is 0. The molecule has 2 rings (SSSR count). The molecule has 1 aromatic rings. The van der Waals surface area contributed by atoms with Gasteiger partial charge in [-0.05, 0) is 12.2 Å². The Morgan fingerprint density at radius 3 is 2.82 bits per heavy atom. The second-order valence-corrected chi connectivity index (χ2v) is 2.11. The molecule has 3 nitrogen and oxygen atoms in total. The molecule has 2 heterocycles. The topological polar surface area (TPSA) is 38.1 Å². The van der Waals surface area contributed by atoms with Crippen LogP contribution in [0.25, 0.3) is 0 Å². The highest BCUT2D eigenvalue weighted by molar-refractivity contribution is 5.77. The summed E-state index contributed by atoms with van der Waals surface area (Å²) in [6.07, 6.45) is 10.5. The molecule has 0 aromatic carbocycles. The molecule has 0 aliphatic carbocycles. The molecule has 0 bridgehead atoms. The second-order valence-electron chi connectivity index (χ2n) is 2.11. The summed E-state index contributed by atoms with van der Waals surface area (Å²) in [5.41, 5.74) is 0.817. The van der Waals surface area contributed by atoms with Gasteiger partial charge in [0.2, 0.25) is 0 Å². The lowest BCUT2D eigenvalue weighted by atomic mass is 10.2. The van der Waals surface area contributed by atoms with Crippen LogP contribution in [-0.4, -0.2) is 16.2 Å². The molecule has 1 radical (unpaired) electrons. The van der Waals surface area contributed by atoms with Crippen LogP contribution in [0, 0.1) is 6.04 Å². The Balaban J connectivity index is 2.30. The molecule has 0 fully saturated rings. The average Bonchev–Trinajstić information content (AvgIpc) is 2.58. The van der Waals surface area contributed by atoms with E-state index in [1.165, 1.54) is 0 Å². The number of hydrogen-bond acceptors (Lipinski definition) is 3. The fraction of sp³-hybridized carbons (Fsp3) is 0. The van der Waals surface area contributed by atoms with Crippen LogP contribution in [0.1, 0.15) is 5.69 Å². The van der Waals surface area contributed by atoms with Gasteiger partial charge >= 0.3 is 0 Å². The van der Waals surface area contributed by atoms with Crippen LogP contribution in [0.4, 0.5) is 0 Å². The third-order valence-corrected chi connectivity index (χ3v) is 1.38. The van der Waals surface area contributed by atoms with E-state index in [1.807, 2.05) is 12.2 Å². The van der Waals surface area contributed by atoms with Crippen molar-refractivity contribution in [2.24, 2.45) is 4.99 Å². The standard InChI is InChI=1S/C8H6N3/c1-2-7(10-3-1)8-6-9-4-5-11-8/h1-6H. The normalized spacial score (nSPS) is 16.0. The Bertz CT molecular complexity index is 277. The fourth-order valence-electron chi connectivity index (χ4n) is 0.883. The molecule has 0 spiro atoms. The van der Waals surface area contributed by atoms with Crippen molar-refractivity contribution in [1.29, 1.82) is 0 Å². The maximum absolute atomic E-state index is 4.10. The lowest BCUT2D eigenvalue weighted by molar-refractivity contribution is 1.05. The molecule has 0 atom stereocenters. The van der Waals surface area contributed by atoms with Gasteiger partial charge in [-0.2, -0.15) is 0 Å². The van der Waals surface area contributed by atoms with Crippen molar-refractivity contribution < 1.29 is 0 Å². The van der Waals surface area contributed by atoms with Crippen LogP contribution < -0.4 is 0 Å². The predicted octanol–water partition coefficient (Wildman–Crippen LogP) is 0.997. The van der Waals surface area contributed by atoms with Gasteiger partial charge in [-0.15, -0.1) is 0 Å². The Kier molecular flexibility index (Phi) is 1.48. The van der Waals surface area contributed by atoms with Gasteiger partial charge in [0.1, 0.15) is 0 Å². The van der Waals surface area contributed by atoms with Crippen molar-refractivity contribution >= 4 is 6.21 Å². The highest BCUT2D eigenvalue weighted by atomic mass is 14.9. The van der Waals surface area contributed by atoms with Crippen molar-refractivity contribution in [3.05, 3.63) is 42.5 Å². The van der Waals surface area contributed by atoms with E-state index in [9.17, 15) is 0 Å². The van der Waals surface area contributed by atoms with Crippen molar-refractivity contribution in [3.63, 3.8) is 0 Å². The molecule has 1 aliphatic rings. The van der Waals surface area contributed by atoms with Crippen LogP contribution in [0.5, 0.6) is 0 Å². The van der Waals surface area contributed by atoms with Gasteiger partial charge in [0.15, 0.2) is 6.04 Å². The summed E-state index contributed by atoms with van der Waals surface area (Å²) >= 11 is 0. The number of aliphatic imine (C=N–C) groups is 1. The number of hydrogen-bond donors (Lipinski definition) is 0. The number of nitrogens with zero attached hydrogens (tertiary/aromatic N) is 3. The SMILES string of the molecule is C1=C[C](c2cnccn2)N=C1. The largest absolute Gasteiger partial charge is 0.272 e. The Morgan fingerprint density at radius 1 is 1.18 bits per heavy atom. The molecule has 1 aliphatic heterocycles. The number of allylic oxidation sites excluding steroid dienone is 1. The van der Waals surface area contributed by atoms with Crippen LogP contribution in [0.2, 0.25) is 0 Å². The van der Waals surface area contributed by atoms with Gasteiger partial charge in [-0.25, -0.2) is 0 Å². The summed E-state index contributed by atoms with van der Waals surface area (Å²) in [4.78, 5) is 12.1. The molecule has 11 heavy (non-hydrogen) atoms. The lowest BCUT2D eigenvalue weighted by Crippen LogP contribution is -1.93. The minimum atomic E-state index is 0.817. The van der Waals surface area contributed by atoms with E-state index < -0.39 is 0 Å². The summed E-state index contributed by atoms with van der Waals surface area (Å²) in [6.45, 7) is 0. The Hall–Kier alpha value is -1.51. The summed E-state index contributed by atoms with van der Waals surface area (Å²) in [5.74, 6) is 0. The smallest absolute Gasteiger partial charge is 0.157 e. The zero-order valence-electron chi connectivity index (χ0n) is 5.81. The van der Waals surface area contributed by atoms with Crippen molar-refractivity contribution in [1.82, 2.24) is 9.97 Å². The van der Waals surface area contributed by atoms with Gasteiger partial charge < -0.3 is 0 Å². The van der Waals surface area contributed by atoms with Crippen LogP contribution >= 0.6 is 0 Å². The fourth-order valence-corrected chi connectivity index (χ4v) is 0.883. The first-order valence-electron chi connectivity index (χ1n) is 3.31. The molecular weight excluding hydrogens is 138 g/mol. The lowest BCUT2D eigenvalue weighted by Gasteiger charge is -1.99. The average molecular weight is 144 g/mol. The van der Waals surface area contributed by atoms with E-state index >= 15 is 0 Å². The molecule has 53 valence electrons. The number of rotatable bonds is 1. The van der Waals surface area contributed by atoms with Gasteiger partial charge in [0.25, 0.3) is 0 Å². The molecule has 0 saturated heterocycles. The Morgan fingerprint density at radius 2 is 2.18 bits per heavy atom. The maximum Gasteiger partial charge on any atom is 0.157 e. The van der Waals surface area contributed by atoms with Crippen LogP contribution in [0.3, 0.4) is 0 Å². The van der Waals surface area contributed by atoms with E-state index in [4.69, 9.17) is 0 Å².